The van der Waals surface area contributed by atoms with E-state index in [9.17, 15) is 4.79 Å². The van der Waals surface area contributed by atoms with Crippen LogP contribution in [0.5, 0.6) is 0 Å². The second-order valence-corrected chi connectivity index (χ2v) is 4.25. The summed E-state index contributed by atoms with van der Waals surface area (Å²) in [5, 5.41) is 4.46. The third-order valence-corrected chi connectivity index (χ3v) is 2.65. The van der Waals surface area contributed by atoms with Gasteiger partial charge in [0.05, 0.1) is 13.3 Å². The molecule has 0 bridgehead atoms. The molecule has 1 aromatic heterocycles. The van der Waals surface area contributed by atoms with Gasteiger partial charge in [-0.05, 0) is 29.8 Å². The first-order valence-corrected chi connectivity index (χ1v) is 6.15. The third kappa shape index (κ3) is 3.86. The standard InChI is InChI=1S/C14H12ClNO4/c1-18-14(17)13-7-6-12(20-13)9-19-16-8-10-2-4-11(15)5-3-10/h2-8H,9H2,1H3/b16-8-. The van der Waals surface area contributed by atoms with Crippen LogP contribution in [-0.2, 0) is 16.2 Å². The van der Waals surface area contributed by atoms with Gasteiger partial charge in [-0.3, -0.25) is 0 Å². The van der Waals surface area contributed by atoms with Crippen LogP contribution in [0.1, 0.15) is 21.9 Å². The summed E-state index contributed by atoms with van der Waals surface area (Å²) in [6.45, 7) is 0.126. The third-order valence-electron chi connectivity index (χ3n) is 2.40. The van der Waals surface area contributed by atoms with Crippen LogP contribution in [0.3, 0.4) is 0 Å². The molecule has 0 atom stereocenters. The predicted molar refractivity (Wildman–Crippen MR) is 73.9 cm³/mol. The van der Waals surface area contributed by atoms with E-state index >= 15 is 0 Å². The van der Waals surface area contributed by atoms with Crippen molar-refractivity contribution in [1.29, 1.82) is 0 Å². The maximum atomic E-state index is 11.2. The Labute approximate surface area is 120 Å². The molecule has 1 aromatic carbocycles. The number of hydrogen-bond donors (Lipinski definition) is 0. The van der Waals surface area contributed by atoms with Crippen LogP contribution in [0.15, 0.2) is 46.0 Å². The smallest absolute Gasteiger partial charge is 0.373 e. The summed E-state index contributed by atoms with van der Waals surface area (Å²) in [5.41, 5.74) is 0.865. The van der Waals surface area contributed by atoms with E-state index in [1.54, 1.807) is 24.4 Å². The van der Waals surface area contributed by atoms with Gasteiger partial charge in [0.1, 0.15) is 5.76 Å². The van der Waals surface area contributed by atoms with Crippen molar-refractivity contribution in [2.45, 2.75) is 6.61 Å². The second kappa shape index (κ2) is 6.77. The topological polar surface area (TPSA) is 61.0 Å². The van der Waals surface area contributed by atoms with Crippen molar-refractivity contribution in [3.05, 3.63) is 58.5 Å². The Kier molecular flexibility index (Phi) is 4.79. The zero-order valence-corrected chi connectivity index (χ0v) is 11.5. The van der Waals surface area contributed by atoms with Crippen molar-refractivity contribution in [3.63, 3.8) is 0 Å². The molecule has 0 spiro atoms. The highest BCUT2D eigenvalue weighted by atomic mass is 35.5. The predicted octanol–water partition coefficient (Wildman–Crippen LogP) is 3.27. The van der Waals surface area contributed by atoms with Crippen molar-refractivity contribution in [1.82, 2.24) is 0 Å². The van der Waals surface area contributed by atoms with Gasteiger partial charge >= 0.3 is 5.97 Å². The van der Waals surface area contributed by atoms with E-state index in [0.29, 0.717) is 10.8 Å². The van der Waals surface area contributed by atoms with E-state index in [1.807, 2.05) is 12.1 Å². The summed E-state index contributed by atoms with van der Waals surface area (Å²) >= 11 is 5.77. The number of carbonyl (C=O) groups is 1. The molecule has 5 nitrogen and oxygen atoms in total. The Morgan fingerprint density at radius 3 is 2.75 bits per heavy atom. The van der Waals surface area contributed by atoms with Crippen LogP contribution < -0.4 is 0 Å². The van der Waals surface area contributed by atoms with Crippen LogP contribution in [0, 0.1) is 0 Å². The van der Waals surface area contributed by atoms with Crippen molar-refractivity contribution in [2.24, 2.45) is 5.16 Å². The second-order valence-electron chi connectivity index (χ2n) is 3.82. The molecular formula is C14H12ClNO4. The molecule has 0 aliphatic heterocycles. The zero-order valence-electron chi connectivity index (χ0n) is 10.7. The SMILES string of the molecule is COC(=O)c1ccc(CO/N=C\c2ccc(Cl)cc2)o1. The Balaban J connectivity index is 1.85. The number of halogens is 1. The molecule has 0 N–H and O–H groups in total. The fourth-order valence-corrected chi connectivity index (χ4v) is 1.54. The van der Waals surface area contributed by atoms with Crippen molar-refractivity contribution in [2.75, 3.05) is 7.11 Å². The maximum Gasteiger partial charge on any atom is 0.373 e. The summed E-state index contributed by atoms with van der Waals surface area (Å²) < 4.78 is 9.74. The number of methoxy groups -OCH3 is 1. The van der Waals surface area contributed by atoms with Crippen molar-refractivity contribution < 1.29 is 18.8 Å². The van der Waals surface area contributed by atoms with Crippen molar-refractivity contribution >= 4 is 23.8 Å². The highest BCUT2D eigenvalue weighted by Crippen LogP contribution is 2.11. The number of esters is 1. The minimum absolute atomic E-state index is 0.126. The lowest BCUT2D eigenvalue weighted by Crippen LogP contribution is -1.98. The van der Waals surface area contributed by atoms with Gasteiger partial charge in [-0.1, -0.05) is 28.9 Å². The number of ether oxygens (including phenoxy) is 1. The normalized spacial score (nSPS) is 10.7. The molecule has 1 heterocycles. The molecule has 2 rings (SSSR count). The van der Waals surface area contributed by atoms with Crippen LogP contribution >= 0.6 is 11.6 Å². The van der Waals surface area contributed by atoms with E-state index < -0.39 is 5.97 Å². The van der Waals surface area contributed by atoms with Crippen LogP contribution in [0.2, 0.25) is 5.02 Å². The zero-order chi connectivity index (χ0) is 14.4. The average molecular weight is 294 g/mol. The maximum absolute atomic E-state index is 11.2. The molecule has 0 aliphatic carbocycles. The number of nitrogens with zero attached hydrogens (tertiary/aromatic N) is 1. The lowest BCUT2D eigenvalue weighted by atomic mass is 10.2. The van der Waals surface area contributed by atoms with Gasteiger partial charge in [0.2, 0.25) is 5.76 Å². The van der Waals surface area contributed by atoms with Crippen LogP contribution in [0.25, 0.3) is 0 Å². The monoisotopic (exact) mass is 293 g/mol. The van der Waals surface area contributed by atoms with Crippen LogP contribution in [0.4, 0.5) is 0 Å². The number of oxime groups is 1. The van der Waals surface area contributed by atoms with Gasteiger partial charge < -0.3 is 14.0 Å². The molecule has 0 amide bonds. The summed E-state index contributed by atoms with van der Waals surface area (Å²) in [6.07, 6.45) is 1.56. The molecule has 0 saturated heterocycles. The van der Waals surface area contributed by atoms with Gasteiger partial charge in [-0.25, -0.2) is 4.79 Å². The molecule has 104 valence electrons. The lowest BCUT2D eigenvalue weighted by Gasteiger charge is -1.96. The number of hydrogen-bond acceptors (Lipinski definition) is 5. The molecule has 0 saturated carbocycles. The Morgan fingerprint density at radius 2 is 2.05 bits per heavy atom. The summed E-state index contributed by atoms with van der Waals surface area (Å²) in [4.78, 5) is 16.2. The van der Waals surface area contributed by atoms with Gasteiger partial charge in [0.15, 0.2) is 6.61 Å². The number of rotatable bonds is 5. The first-order valence-electron chi connectivity index (χ1n) is 5.77. The molecular weight excluding hydrogens is 282 g/mol. The largest absolute Gasteiger partial charge is 0.463 e. The quantitative estimate of drug-likeness (QED) is 0.482. The number of benzene rings is 1. The lowest BCUT2D eigenvalue weighted by molar-refractivity contribution is 0.0553. The van der Waals surface area contributed by atoms with E-state index in [-0.39, 0.29) is 12.4 Å². The summed E-state index contributed by atoms with van der Waals surface area (Å²) in [5.74, 6) is 0.0901. The molecule has 0 unspecified atom stereocenters. The average Bonchev–Trinajstić information content (AvgIpc) is 2.93. The summed E-state index contributed by atoms with van der Waals surface area (Å²) in [7, 11) is 1.29. The summed E-state index contributed by atoms with van der Waals surface area (Å²) in [6, 6.07) is 10.3. The molecule has 0 aliphatic rings. The first-order chi connectivity index (χ1) is 9.69. The van der Waals surface area contributed by atoms with Gasteiger partial charge in [0.25, 0.3) is 0 Å². The highest BCUT2D eigenvalue weighted by molar-refractivity contribution is 6.30. The first kappa shape index (κ1) is 14.1. The molecule has 0 fully saturated rings. The minimum Gasteiger partial charge on any atom is -0.463 e. The van der Waals surface area contributed by atoms with Crippen LogP contribution in [-0.4, -0.2) is 19.3 Å². The van der Waals surface area contributed by atoms with E-state index in [4.69, 9.17) is 20.9 Å². The molecule has 6 heteroatoms. The fourth-order valence-electron chi connectivity index (χ4n) is 1.41. The van der Waals surface area contributed by atoms with Crippen molar-refractivity contribution in [3.8, 4) is 0 Å². The molecule has 20 heavy (non-hydrogen) atoms. The van der Waals surface area contributed by atoms with Gasteiger partial charge in [-0.15, -0.1) is 0 Å². The Bertz CT molecular complexity index is 604. The van der Waals surface area contributed by atoms with E-state index in [0.717, 1.165) is 5.56 Å². The van der Waals surface area contributed by atoms with Gasteiger partial charge in [-0.2, -0.15) is 0 Å². The Morgan fingerprint density at radius 1 is 1.30 bits per heavy atom. The fraction of sp³-hybridized carbons (Fsp3) is 0.143. The highest BCUT2D eigenvalue weighted by Gasteiger charge is 2.10. The van der Waals surface area contributed by atoms with E-state index in [2.05, 4.69) is 9.89 Å². The molecule has 2 aromatic rings. The number of furan rings is 1. The number of carbonyl (C=O) groups excluding carboxylic acids is 1. The Hall–Kier alpha value is -2.27. The van der Waals surface area contributed by atoms with Gasteiger partial charge in [0, 0.05) is 5.02 Å². The molecule has 0 radical (unpaired) electrons. The minimum atomic E-state index is -0.527. The van der Waals surface area contributed by atoms with E-state index in [1.165, 1.54) is 13.2 Å².